The first-order chi connectivity index (χ1) is 14.9. The molecule has 1 amide bonds. The number of likely N-dealkylation sites (N-methyl/N-ethyl adjacent to an activating group) is 1. The Kier molecular flexibility index (Phi) is 5.54. The van der Waals surface area contributed by atoms with Gasteiger partial charge in [0.05, 0.1) is 5.69 Å². The molecule has 0 radical (unpaired) electrons. The SMILES string of the molecule is Cc1nc(CC2CC(Cn3nc(N)cc3C(F)(F)F)C2)nc2c1NC(=O)[C@H](C(C)C)N2C. The van der Waals surface area contributed by atoms with E-state index in [0.29, 0.717) is 35.4 Å². The number of carbonyl (C=O) groups is 1. The number of nitrogens with zero attached hydrogens (tertiary/aromatic N) is 5. The van der Waals surface area contributed by atoms with E-state index in [1.54, 1.807) is 0 Å². The van der Waals surface area contributed by atoms with E-state index in [-0.39, 0.29) is 36.1 Å². The molecule has 174 valence electrons. The van der Waals surface area contributed by atoms with Crippen LogP contribution < -0.4 is 16.0 Å². The minimum absolute atomic E-state index is 0.0613. The van der Waals surface area contributed by atoms with Crippen LogP contribution in [0.3, 0.4) is 0 Å². The van der Waals surface area contributed by atoms with Gasteiger partial charge in [0.2, 0.25) is 5.91 Å². The van der Waals surface area contributed by atoms with Crippen molar-refractivity contribution in [2.45, 2.75) is 58.8 Å². The van der Waals surface area contributed by atoms with Crippen LogP contribution >= 0.6 is 0 Å². The smallest absolute Gasteiger partial charge is 0.382 e. The number of alkyl halides is 3. The number of halogens is 3. The third-order valence-electron chi connectivity index (χ3n) is 6.34. The lowest BCUT2D eigenvalue weighted by molar-refractivity contribution is -0.144. The highest BCUT2D eigenvalue weighted by atomic mass is 19.4. The van der Waals surface area contributed by atoms with E-state index in [1.807, 2.05) is 32.7 Å². The third kappa shape index (κ3) is 4.12. The highest BCUT2D eigenvalue weighted by Gasteiger charge is 2.39. The van der Waals surface area contributed by atoms with Gasteiger partial charge in [-0.15, -0.1) is 0 Å². The van der Waals surface area contributed by atoms with Crippen molar-refractivity contribution in [3.8, 4) is 0 Å². The van der Waals surface area contributed by atoms with Gasteiger partial charge in [0, 0.05) is 26.1 Å². The van der Waals surface area contributed by atoms with Crippen molar-refractivity contribution in [3.05, 3.63) is 23.3 Å². The fourth-order valence-corrected chi connectivity index (χ4v) is 4.86. The summed E-state index contributed by atoms with van der Waals surface area (Å²) in [7, 11) is 1.87. The molecule has 32 heavy (non-hydrogen) atoms. The van der Waals surface area contributed by atoms with Crippen LogP contribution in [0.5, 0.6) is 0 Å². The van der Waals surface area contributed by atoms with Gasteiger partial charge in [-0.3, -0.25) is 9.48 Å². The van der Waals surface area contributed by atoms with Crippen LogP contribution in [-0.4, -0.2) is 38.7 Å². The number of nitrogen functional groups attached to an aromatic ring is 1. The number of nitrogens with one attached hydrogen (secondary N) is 1. The highest BCUT2D eigenvalue weighted by Crippen LogP contribution is 2.40. The summed E-state index contributed by atoms with van der Waals surface area (Å²) in [5.74, 6) is 1.74. The lowest BCUT2D eigenvalue weighted by Crippen LogP contribution is -2.49. The molecule has 11 heteroatoms. The molecule has 0 saturated heterocycles. The molecule has 1 saturated carbocycles. The Bertz CT molecular complexity index is 1030. The zero-order valence-electron chi connectivity index (χ0n) is 18.6. The van der Waals surface area contributed by atoms with Crippen LogP contribution in [0.15, 0.2) is 6.07 Å². The van der Waals surface area contributed by atoms with Crippen molar-refractivity contribution >= 4 is 23.2 Å². The predicted molar refractivity (Wildman–Crippen MR) is 114 cm³/mol. The Balaban J connectivity index is 1.42. The summed E-state index contributed by atoms with van der Waals surface area (Å²) in [5.41, 5.74) is 6.02. The minimum Gasteiger partial charge on any atom is -0.382 e. The Morgan fingerprint density at radius 1 is 1.25 bits per heavy atom. The van der Waals surface area contributed by atoms with E-state index in [2.05, 4.69) is 15.4 Å². The molecule has 0 spiro atoms. The van der Waals surface area contributed by atoms with Crippen molar-refractivity contribution < 1.29 is 18.0 Å². The molecule has 4 rings (SSSR count). The molecule has 3 heterocycles. The molecule has 8 nitrogen and oxygen atoms in total. The number of aryl methyl sites for hydroxylation is 1. The van der Waals surface area contributed by atoms with Crippen molar-refractivity contribution in [1.29, 1.82) is 0 Å². The lowest BCUT2D eigenvalue weighted by Gasteiger charge is -2.38. The number of hydrogen-bond donors (Lipinski definition) is 2. The molecule has 3 N–H and O–H groups in total. The number of fused-ring (bicyclic) bond motifs is 1. The Morgan fingerprint density at radius 2 is 1.94 bits per heavy atom. The average molecular weight is 451 g/mol. The maximum absolute atomic E-state index is 13.1. The Labute approximate surface area is 184 Å². The van der Waals surface area contributed by atoms with E-state index in [1.165, 1.54) is 0 Å². The first-order valence-electron chi connectivity index (χ1n) is 10.8. The van der Waals surface area contributed by atoms with Crippen LogP contribution in [0.1, 0.15) is 43.9 Å². The van der Waals surface area contributed by atoms with E-state index in [9.17, 15) is 18.0 Å². The van der Waals surface area contributed by atoms with Gasteiger partial charge in [-0.05, 0) is 37.5 Å². The fourth-order valence-electron chi connectivity index (χ4n) is 4.86. The van der Waals surface area contributed by atoms with E-state index in [0.717, 1.165) is 23.6 Å². The van der Waals surface area contributed by atoms with Gasteiger partial charge < -0.3 is 16.0 Å². The molecule has 2 aromatic rings. The van der Waals surface area contributed by atoms with Crippen molar-refractivity contribution in [3.63, 3.8) is 0 Å². The molecule has 0 bridgehead atoms. The summed E-state index contributed by atoms with van der Waals surface area (Å²) in [6.45, 7) is 6.02. The van der Waals surface area contributed by atoms with Gasteiger partial charge in [-0.2, -0.15) is 18.3 Å². The van der Waals surface area contributed by atoms with Gasteiger partial charge in [0.15, 0.2) is 5.82 Å². The second kappa shape index (κ2) is 7.93. The van der Waals surface area contributed by atoms with E-state index < -0.39 is 11.9 Å². The zero-order chi connectivity index (χ0) is 23.4. The number of hydrogen-bond acceptors (Lipinski definition) is 6. The van der Waals surface area contributed by atoms with Gasteiger partial charge in [0.25, 0.3) is 0 Å². The van der Waals surface area contributed by atoms with Crippen LogP contribution in [0, 0.1) is 24.7 Å². The average Bonchev–Trinajstić information content (AvgIpc) is 3.01. The quantitative estimate of drug-likeness (QED) is 0.724. The van der Waals surface area contributed by atoms with Crippen LogP contribution in [-0.2, 0) is 23.9 Å². The van der Waals surface area contributed by atoms with Crippen LogP contribution in [0.4, 0.5) is 30.5 Å². The number of amides is 1. The fraction of sp³-hybridized carbons (Fsp3) is 0.619. The normalized spacial score (nSPS) is 23.2. The molecule has 1 aliphatic carbocycles. The van der Waals surface area contributed by atoms with Crippen LogP contribution in [0.25, 0.3) is 0 Å². The van der Waals surface area contributed by atoms with Crippen LogP contribution in [0.2, 0.25) is 0 Å². The third-order valence-corrected chi connectivity index (χ3v) is 6.34. The van der Waals surface area contributed by atoms with Gasteiger partial charge in [0.1, 0.15) is 29.1 Å². The van der Waals surface area contributed by atoms with Crippen molar-refractivity contribution in [2.75, 3.05) is 23.0 Å². The van der Waals surface area contributed by atoms with E-state index in [4.69, 9.17) is 10.7 Å². The summed E-state index contributed by atoms with van der Waals surface area (Å²) >= 11 is 0. The summed E-state index contributed by atoms with van der Waals surface area (Å²) in [6, 6.07) is 0.571. The summed E-state index contributed by atoms with van der Waals surface area (Å²) in [6.07, 6.45) is -2.28. The highest BCUT2D eigenvalue weighted by molar-refractivity contribution is 6.03. The molecule has 0 unspecified atom stereocenters. The van der Waals surface area contributed by atoms with Crippen molar-refractivity contribution in [1.82, 2.24) is 19.7 Å². The maximum Gasteiger partial charge on any atom is 0.433 e. The maximum atomic E-state index is 13.1. The number of nitrogens with two attached hydrogens (primary N) is 1. The number of rotatable bonds is 5. The summed E-state index contributed by atoms with van der Waals surface area (Å²) in [5, 5.41) is 6.75. The number of aromatic nitrogens is 4. The molecule has 1 aliphatic heterocycles. The zero-order valence-corrected chi connectivity index (χ0v) is 18.6. The lowest BCUT2D eigenvalue weighted by atomic mass is 9.73. The van der Waals surface area contributed by atoms with Gasteiger partial charge in [-0.1, -0.05) is 13.8 Å². The Morgan fingerprint density at radius 3 is 2.56 bits per heavy atom. The summed E-state index contributed by atoms with van der Waals surface area (Å²) < 4.78 is 40.4. The number of carbonyl (C=O) groups excluding carboxylic acids is 1. The second-order valence-corrected chi connectivity index (χ2v) is 9.25. The monoisotopic (exact) mass is 451 g/mol. The predicted octanol–water partition coefficient (Wildman–Crippen LogP) is 3.26. The van der Waals surface area contributed by atoms with Gasteiger partial charge >= 0.3 is 6.18 Å². The Hall–Kier alpha value is -2.85. The molecule has 2 aliphatic rings. The van der Waals surface area contributed by atoms with E-state index >= 15 is 0 Å². The standard InChI is InChI=1S/C21H28F3N7O/c1-10(2)18-20(32)28-17-11(3)26-16(27-19(17)30(18)4)7-12-5-13(6-12)9-31-14(21(22,23)24)8-15(25)29-31/h8,10,12-13,18H,5-7,9H2,1-4H3,(H2,25,29)(H,28,32)/t12?,13?,18-/m0/s1. The molecule has 1 fully saturated rings. The largest absolute Gasteiger partial charge is 0.433 e. The van der Waals surface area contributed by atoms with Gasteiger partial charge in [-0.25, -0.2) is 9.97 Å². The number of anilines is 3. The molecular weight excluding hydrogens is 423 g/mol. The minimum atomic E-state index is -4.47. The molecule has 2 aromatic heterocycles. The molecule has 0 aromatic carbocycles. The van der Waals surface area contributed by atoms with Crippen molar-refractivity contribution in [2.24, 2.45) is 17.8 Å². The first-order valence-corrected chi connectivity index (χ1v) is 10.8. The first kappa shape index (κ1) is 22.3. The second-order valence-electron chi connectivity index (χ2n) is 9.25. The topological polar surface area (TPSA) is 102 Å². The molecular formula is C21H28F3N7O. The summed E-state index contributed by atoms with van der Waals surface area (Å²) in [4.78, 5) is 23.7. The molecule has 1 atom stereocenters.